The summed E-state index contributed by atoms with van der Waals surface area (Å²) in [7, 11) is 0. The molecule has 2 heterocycles. The molecule has 182 valence electrons. The van der Waals surface area contributed by atoms with Crippen molar-refractivity contribution in [2.45, 2.75) is 26.4 Å². The number of nitrogens with zero attached hydrogens (tertiary/aromatic N) is 4. The Kier molecular flexibility index (Phi) is 10.8. The summed E-state index contributed by atoms with van der Waals surface area (Å²) in [6.45, 7) is 8.93. The molecule has 0 saturated carbocycles. The van der Waals surface area contributed by atoms with Crippen molar-refractivity contribution in [3.8, 4) is 5.69 Å². The van der Waals surface area contributed by atoms with Gasteiger partial charge < -0.3 is 15.4 Å². The maximum absolute atomic E-state index is 5.48. The zero-order valence-corrected chi connectivity index (χ0v) is 22.2. The Bertz CT molecular complexity index is 1020. The van der Waals surface area contributed by atoms with Gasteiger partial charge in [-0.3, -0.25) is 4.90 Å². The summed E-state index contributed by atoms with van der Waals surface area (Å²) in [6, 6.07) is 18.8. The van der Waals surface area contributed by atoms with E-state index in [0.717, 1.165) is 64.0 Å². The van der Waals surface area contributed by atoms with Gasteiger partial charge in [0, 0.05) is 38.9 Å². The van der Waals surface area contributed by atoms with E-state index in [1.807, 2.05) is 29.1 Å². The third kappa shape index (κ3) is 7.82. The van der Waals surface area contributed by atoms with Crippen molar-refractivity contribution in [1.29, 1.82) is 0 Å². The van der Waals surface area contributed by atoms with Crippen LogP contribution in [0.4, 0.5) is 0 Å². The van der Waals surface area contributed by atoms with Crippen molar-refractivity contribution < 1.29 is 4.74 Å². The maximum atomic E-state index is 5.48. The highest BCUT2D eigenvalue weighted by Gasteiger charge is 2.12. The molecule has 8 heteroatoms. The van der Waals surface area contributed by atoms with E-state index in [-0.39, 0.29) is 24.0 Å². The number of guanidine groups is 1. The maximum Gasteiger partial charge on any atom is 0.191 e. The Morgan fingerprint density at radius 3 is 2.50 bits per heavy atom. The predicted octanol–water partition coefficient (Wildman–Crippen LogP) is 3.62. The van der Waals surface area contributed by atoms with Gasteiger partial charge >= 0.3 is 0 Å². The summed E-state index contributed by atoms with van der Waals surface area (Å²) < 4.78 is 7.40. The van der Waals surface area contributed by atoms with Crippen molar-refractivity contribution in [2.24, 2.45) is 4.99 Å². The molecule has 0 radical (unpaired) electrons. The van der Waals surface area contributed by atoms with Crippen LogP contribution < -0.4 is 10.6 Å². The van der Waals surface area contributed by atoms with Gasteiger partial charge in [-0.1, -0.05) is 42.5 Å². The number of hydrogen-bond donors (Lipinski definition) is 2. The molecule has 0 aliphatic carbocycles. The lowest BCUT2D eigenvalue weighted by Crippen LogP contribution is -2.38. The Morgan fingerprint density at radius 2 is 1.74 bits per heavy atom. The second kappa shape index (κ2) is 14.1. The Hall–Kier alpha value is -2.43. The van der Waals surface area contributed by atoms with Gasteiger partial charge in [-0.15, -0.1) is 24.0 Å². The van der Waals surface area contributed by atoms with Crippen LogP contribution in [0.2, 0.25) is 0 Å². The summed E-state index contributed by atoms with van der Waals surface area (Å²) in [5.74, 6) is 0.842. The molecule has 1 fully saturated rings. The van der Waals surface area contributed by atoms with E-state index in [1.165, 1.54) is 16.7 Å². The summed E-state index contributed by atoms with van der Waals surface area (Å²) in [4.78, 5) is 7.30. The number of aromatic nitrogens is 2. The molecule has 1 aliphatic heterocycles. The van der Waals surface area contributed by atoms with Crippen LogP contribution in [0.3, 0.4) is 0 Å². The minimum Gasteiger partial charge on any atom is -0.379 e. The number of para-hydroxylation sites is 1. The number of nitrogens with one attached hydrogen (secondary N) is 2. The number of morpholine rings is 1. The minimum atomic E-state index is 0. The SMILES string of the molecule is CCNC(=NCc1ccccc1CN1CCOCC1)NCCc1cnn(-c2ccccc2)c1.I. The van der Waals surface area contributed by atoms with E-state index in [0.29, 0.717) is 6.54 Å². The van der Waals surface area contributed by atoms with Gasteiger partial charge in [-0.25, -0.2) is 9.67 Å². The third-order valence-corrected chi connectivity index (χ3v) is 5.73. The molecule has 1 aromatic heterocycles. The van der Waals surface area contributed by atoms with Crippen LogP contribution in [-0.2, 0) is 24.2 Å². The fourth-order valence-corrected chi connectivity index (χ4v) is 3.91. The molecular formula is C26H35IN6O. The van der Waals surface area contributed by atoms with Crippen LogP contribution in [-0.4, -0.2) is 60.0 Å². The molecule has 2 aromatic carbocycles. The van der Waals surface area contributed by atoms with Gasteiger partial charge in [0.15, 0.2) is 5.96 Å². The number of halogens is 1. The third-order valence-electron chi connectivity index (χ3n) is 5.73. The standard InChI is InChI=1S/C26H34N6O.HI/c1-2-27-26(28-13-12-22-18-30-32(20-22)25-10-4-3-5-11-25)29-19-23-8-6-7-9-24(23)21-31-14-16-33-17-15-31;/h3-11,18,20H,2,12-17,19,21H2,1H3,(H2,27,28,29);1H. The number of ether oxygens (including phenoxy) is 1. The first-order valence-corrected chi connectivity index (χ1v) is 11.8. The van der Waals surface area contributed by atoms with E-state index < -0.39 is 0 Å². The van der Waals surface area contributed by atoms with Gasteiger partial charge in [-0.05, 0) is 42.2 Å². The largest absolute Gasteiger partial charge is 0.379 e. The van der Waals surface area contributed by atoms with Gasteiger partial charge in [0.1, 0.15) is 0 Å². The molecule has 4 rings (SSSR count). The smallest absolute Gasteiger partial charge is 0.191 e. The number of aliphatic imine (C=N–C) groups is 1. The van der Waals surface area contributed by atoms with Gasteiger partial charge in [0.2, 0.25) is 0 Å². The summed E-state index contributed by atoms with van der Waals surface area (Å²) >= 11 is 0. The molecule has 1 saturated heterocycles. The molecular weight excluding hydrogens is 539 g/mol. The van der Waals surface area contributed by atoms with Crippen LogP contribution in [0.5, 0.6) is 0 Å². The average molecular weight is 575 g/mol. The molecule has 34 heavy (non-hydrogen) atoms. The Morgan fingerprint density at radius 1 is 1.00 bits per heavy atom. The quantitative estimate of drug-likeness (QED) is 0.232. The molecule has 1 aliphatic rings. The highest BCUT2D eigenvalue weighted by molar-refractivity contribution is 14.0. The van der Waals surface area contributed by atoms with E-state index in [9.17, 15) is 0 Å². The molecule has 0 unspecified atom stereocenters. The van der Waals surface area contributed by atoms with E-state index in [2.05, 4.69) is 70.2 Å². The molecule has 0 atom stereocenters. The van der Waals surface area contributed by atoms with Crippen molar-refractivity contribution >= 4 is 29.9 Å². The van der Waals surface area contributed by atoms with Crippen LogP contribution in [0, 0.1) is 0 Å². The van der Waals surface area contributed by atoms with Crippen LogP contribution >= 0.6 is 24.0 Å². The first-order chi connectivity index (χ1) is 16.3. The number of hydrogen-bond acceptors (Lipinski definition) is 4. The first kappa shape index (κ1) is 26.2. The van der Waals surface area contributed by atoms with Crippen LogP contribution in [0.15, 0.2) is 72.0 Å². The lowest BCUT2D eigenvalue weighted by Gasteiger charge is -2.27. The van der Waals surface area contributed by atoms with Gasteiger partial charge in [-0.2, -0.15) is 5.10 Å². The van der Waals surface area contributed by atoms with Crippen LogP contribution in [0.25, 0.3) is 5.69 Å². The second-order valence-corrected chi connectivity index (χ2v) is 8.16. The van der Waals surface area contributed by atoms with E-state index in [4.69, 9.17) is 9.73 Å². The van der Waals surface area contributed by atoms with E-state index >= 15 is 0 Å². The monoisotopic (exact) mass is 574 g/mol. The molecule has 0 spiro atoms. The highest BCUT2D eigenvalue weighted by Crippen LogP contribution is 2.14. The molecule has 3 aromatic rings. The zero-order valence-electron chi connectivity index (χ0n) is 19.8. The summed E-state index contributed by atoms with van der Waals surface area (Å²) in [5.41, 5.74) is 4.87. The minimum absolute atomic E-state index is 0. The summed E-state index contributed by atoms with van der Waals surface area (Å²) in [6.07, 6.45) is 4.90. The zero-order chi connectivity index (χ0) is 22.7. The van der Waals surface area contributed by atoms with Crippen molar-refractivity contribution in [1.82, 2.24) is 25.3 Å². The number of benzene rings is 2. The lowest BCUT2D eigenvalue weighted by molar-refractivity contribution is 0.0341. The predicted molar refractivity (Wildman–Crippen MR) is 148 cm³/mol. The average Bonchev–Trinajstić information content (AvgIpc) is 3.33. The highest BCUT2D eigenvalue weighted by atomic mass is 127. The fourth-order valence-electron chi connectivity index (χ4n) is 3.91. The Labute approximate surface area is 219 Å². The van der Waals surface area contributed by atoms with Gasteiger partial charge in [0.05, 0.1) is 31.6 Å². The fraction of sp³-hybridized carbons (Fsp3) is 0.385. The van der Waals surface area contributed by atoms with E-state index in [1.54, 1.807) is 0 Å². The topological polar surface area (TPSA) is 66.7 Å². The van der Waals surface area contributed by atoms with Gasteiger partial charge in [0.25, 0.3) is 0 Å². The summed E-state index contributed by atoms with van der Waals surface area (Å²) in [5, 5.41) is 11.3. The normalized spacial score (nSPS) is 14.4. The number of rotatable bonds is 9. The van der Waals surface area contributed by atoms with Crippen LogP contribution in [0.1, 0.15) is 23.6 Å². The second-order valence-electron chi connectivity index (χ2n) is 8.16. The molecule has 7 nitrogen and oxygen atoms in total. The van der Waals surface area contributed by atoms with Crippen molar-refractivity contribution in [2.75, 3.05) is 39.4 Å². The molecule has 2 N–H and O–H groups in total. The van der Waals surface area contributed by atoms with Crippen molar-refractivity contribution in [3.63, 3.8) is 0 Å². The molecule has 0 bridgehead atoms. The lowest BCUT2D eigenvalue weighted by atomic mass is 10.1. The Balaban J connectivity index is 0.00000324. The van der Waals surface area contributed by atoms with Crippen molar-refractivity contribution in [3.05, 3.63) is 83.7 Å². The first-order valence-electron chi connectivity index (χ1n) is 11.8. The molecule has 0 amide bonds.